The lowest BCUT2D eigenvalue weighted by Gasteiger charge is -2.09. The quantitative estimate of drug-likeness (QED) is 0.879. The number of hydrogen-bond donors (Lipinski definition) is 1. The molecular formula is C13H16ClN3O2S. The molecule has 0 amide bonds. The van der Waals surface area contributed by atoms with Crippen molar-refractivity contribution in [3.05, 3.63) is 40.7 Å². The van der Waals surface area contributed by atoms with Crippen molar-refractivity contribution in [2.24, 2.45) is 0 Å². The van der Waals surface area contributed by atoms with Crippen molar-refractivity contribution in [2.75, 3.05) is 5.73 Å². The lowest BCUT2D eigenvalue weighted by atomic mass is 10.3. The monoisotopic (exact) mass is 313 g/mol. The minimum Gasteiger partial charge on any atom is -0.398 e. The second kappa shape index (κ2) is 5.46. The Morgan fingerprint density at radius 1 is 1.35 bits per heavy atom. The van der Waals surface area contributed by atoms with Crippen molar-refractivity contribution in [2.45, 2.75) is 31.0 Å². The van der Waals surface area contributed by atoms with Gasteiger partial charge in [-0.1, -0.05) is 11.6 Å². The average Bonchev–Trinajstić information content (AvgIpc) is 2.67. The standard InChI is InChI=1S/C13H16ClN3O2S/c1-3-17-11(6-9(2)16-17)8-20(18,19)13-5-4-10(14)7-12(13)15/h4-7H,3,8,15H2,1-2H3. The van der Waals surface area contributed by atoms with Crippen LogP contribution in [0.15, 0.2) is 29.2 Å². The smallest absolute Gasteiger partial charge is 0.186 e. The summed E-state index contributed by atoms with van der Waals surface area (Å²) in [6.45, 7) is 4.37. The molecule has 0 saturated heterocycles. The summed E-state index contributed by atoms with van der Waals surface area (Å²) in [6.07, 6.45) is 0. The number of benzene rings is 1. The second-order valence-electron chi connectivity index (χ2n) is 4.53. The van der Waals surface area contributed by atoms with Crippen LogP contribution in [0.2, 0.25) is 5.02 Å². The normalized spacial score (nSPS) is 11.8. The average molecular weight is 314 g/mol. The molecule has 1 aromatic carbocycles. The Balaban J connectivity index is 2.40. The highest BCUT2D eigenvalue weighted by atomic mass is 35.5. The molecule has 7 heteroatoms. The molecule has 2 aromatic rings. The van der Waals surface area contributed by atoms with Crippen LogP contribution in [0.25, 0.3) is 0 Å². The molecule has 0 aliphatic heterocycles. The van der Waals surface area contributed by atoms with Crippen LogP contribution >= 0.6 is 11.6 Å². The van der Waals surface area contributed by atoms with E-state index in [1.54, 1.807) is 10.7 Å². The summed E-state index contributed by atoms with van der Waals surface area (Å²) in [5.41, 5.74) is 7.36. The summed E-state index contributed by atoms with van der Waals surface area (Å²) in [5, 5.41) is 4.66. The first-order valence-corrected chi connectivity index (χ1v) is 8.17. The fourth-order valence-electron chi connectivity index (χ4n) is 2.06. The van der Waals surface area contributed by atoms with E-state index in [-0.39, 0.29) is 16.3 Å². The third-order valence-electron chi connectivity index (χ3n) is 2.93. The highest BCUT2D eigenvalue weighted by Gasteiger charge is 2.21. The largest absolute Gasteiger partial charge is 0.398 e. The molecule has 2 rings (SSSR count). The molecule has 0 atom stereocenters. The minimum atomic E-state index is -3.52. The Morgan fingerprint density at radius 2 is 2.05 bits per heavy atom. The summed E-state index contributed by atoms with van der Waals surface area (Å²) in [6, 6.07) is 6.17. The highest BCUT2D eigenvalue weighted by molar-refractivity contribution is 7.90. The van der Waals surface area contributed by atoms with Crippen LogP contribution in [-0.2, 0) is 22.1 Å². The highest BCUT2D eigenvalue weighted by Crippen LogP contribution is 2.25. The van der Waals surface area contributed by atoms with Crippen LogP contribution in [-0.4, -0.2) is 18.2 Å². The van der Waals surface area contributed by atoms with E-state index in [1.807, 2.05) is 13.8 Å². The predicted octanol–water partition coefficient (Wildman–Crippen LogP) is 2.42. The van der Waals surface area contributed by atoms with E-state index in [0.29, 0.717) is 17.3 Å². The van der Waals surface area contributed by atoms with Crippen LogP contribution in [0.3, 0.4) is 0 Å². The van der Waals surface area contributed by atoms with Gasteiger partial charge in [0.15, 0.2) is 9.84 Å². The number of aryl methyl sites for hydroxylation is 2. The van der Waals surface area contributed by atoms with Gasteiger partial charge in [0.1, 0.15) is 0 Å². The molecule has 2 N–H and O–H groups in total. The lowest BCUT2D eigenvalue weighted by molar-refractivity contribution is 0.586. The zero-order valence-corrected chi connectivity index (χ0v) is 12.9. The number of halogens is 1. The van der Waals surface area contributed by atoms with Gasteiger partial charge in [0, 0.05) is 11.6 Å². The van der Waals surface area contributed by atoms with Gasteiger partial charge >= 0.3 is 0 Å². The van der Waals surface area contributed by atoms with Gasteiger partial charge in [0.05, 0.1) is 27.7 Å². The van der Waals surface area contributed by atoms with Crippen molar-refractivity contribution < 1.29 is 8.42 Å². The van der Waals surface area contributed by atoms with E-state index in [1.165, 1.54) is 18.2 Å². The van der Waals surface area contributed by atoms with Crippen molar-refractivity contribution in [3.63, 3.8) is 0 Å². The number of nitrogens with zero attached hydrogens (tertiary/aromatic N) is 2. The summed E-state index contributed by atoms with van der Waals surface area (Å²) >= 11 is 5.79. The molecule has 0 aliphatic carbocycles. The number of aromatic nitrogens is 2. The number of rotatable bonds is 4. The third kappa shape index (κ3) is 2.96. The van der Waals surface area contributed by atoms with Gasteiger partial charge in [0.25, 0.3) is 0 Å². The van der Waals surface area contributed by atoms with Crippen LogP contribution < -0.4 is 5.73 Å². The number of hydrogen-bond acceptors (Lipinski definition) is 4. The Kier molecular flexibility index (Phi) is 4.06. The first kappa shape index (κ1) is 14.9. The summed E-state index contributed by atoms with van der Waals surface area (Å²) in [5.74, 6) is -0.131. The van der Waals surface area contributed by atoms with E-state index < -0.39 is 9.84 Å². The predicted molar refractivity (Wildman–Crippen MR) is 79.4 cm³/mol. The summed E-state index contributed by atoms with van der Waals surface area (Å²) in [7, 11) is -3.52. The van der Waals surface area contributed by atoms with E-state index in [0.717, 1.165) is 5.69 Å². The molecule has 1 heterocycles. The minimum absolute atomic E-state index is 0.100. The third-order valence-corrected chi connectivity index (χ3v) is 4.88. The molecular weight excluding hydrogens is 298 g/mol. The van der Waals surface area contributed by atoms with Crippen LogP contribution in [0.5, 0.6) is 0 Å². The van der Waals surface area contributed by atoms with E-state index >= 15 is 0 Å². The van der Waals surface area contributed by atoms with Gasteiger partial charge in [0.2, 0.25) is 0 Å². The fourth-order valence-corrected chi connectivity index (χ4v) is 3.72. The topological polar surface area (TPSA) is 78.0 Å². The molecule has 5 nitrogen and oxygen atoms in total. The Morgan fingerprint density at radius 3 is 2.65 bits per heavy atom. The SMILES string of the molecule is CCn1nc(C)cc1CS(=O)(=O)c1ccc(Cl)cc1N. The maximum Gasteiger partial charge on any atom is 0.186 e. The number of nitrogen functional groups attached to an aromatic ring is 1. The van der Waals surface area contributed by atoms with E-state index in [2.05, 4.69) is 5.10 Å². The van der Waals surface area contributed by atoms with Crippen molar-refractivity contribution in [1.29, 1.82) is 0 Å². The molecule has 0 bridgehead atoms. The van der Waals surface area contributed by atoms with Gasteiger partial charge in [-0.15, -0.1) is 0 Å². The van der Waals surface area contributed by atoms with Crippen molar-refractivity contribution in [1.82, 2.24) is 9.78 Å². The van der Waals surface area contributed by atoms with Crippen LogP contribution in [0.1, 0.15) is 18.3 Å². The van der Waals surface area contributed by atoms with E-state index in [9.17, 15) is 8.42 Å². The lowest BCUT2D eigenvalue weighted by Crippen LogP contribution is -2.12. The molecule has 20 heavy (non-hydrogen) atoms. The molecule has 0 unspecified atom stereocenters. The van der Waals surface area contributed by atoms with Gasteiger partial charge in [-0.2, -0.15) is 5.10 Å². The first-order valence-electron chi connectivity index (χ1n) is 6.14. The van der Waals surface area contributed by atoms with E-state index in [4.69, 9.17) is 17.3 Å². The molecule has 108 valence electrons. The maximum absolute atomic E-state index is 12.4. The Hall–Kier alpha value is -1.53. The zero-order valence-electron chi connectivity index (χ0n) is 11.3. The first-order chi connectivity index (χ1) is 9.33. The second-order valence-corrected chi connectivity index (χ2v) is 6.93. The van der Waals surface area contributed by atoms with Gasteiger partial charge in [-0.25, -0.2) is 8.42 Å². The molecule has 0 spiro atoms. The van der Waals surface area contributed by atoms with Gasteiger partial charge in [-0.3, -0.25) is 4.68 Å². The molecule has 0 radical (unpaired) electrons. The number of sulfone groups is 1. The summed E-state index contributed by atoms with van der Waals surface area (Å²) < 4.78 is 26.6. The zero-order chi connectivity index (χ0) is 14.9. The van der Waals surface area contributed by atoms with Crippen molar-refractivity contribution in [3.8, 4) is 0 Å². The molecule has 0 saturated carbocycles. The van der Waals surface area contributed by atoms with Crippen LogP contribution in [0, 0.1) is 6.92 Å². The Bertz CT molecular complexity index is 738. The molecule has 0 fully saturated rings. The number of anilines is 1. The maximum atomic E-state index is 12.4. The number of nitrogens with two attached hydrogens (primary N) is 1. The van der Waals surface area contributed by atoms with Crippen LogP contribution in [0.4, 0.5) is 5.69 Å². The molecule has 0 aliphatic rings. The molecule has 1 aromatic heterocycles. The van der Waals surface area contributed by atoms with Gasteiger partial charge in [-0.05, 0) is 38.1 Å². The fraction of sp³-hybridized carbons (Fsp3) is 0.308. The summed E-state index contributed by atoms with van der Waals surface area (Å²) in [4.78, 5) is 0.100. The van der Waals surface area contributed by atoms with Gasteiger partial charge < -0.3 is 5.73 Å². The van der Waals surface area contributed by atoms with Crippen molar-refractivity contribution >= 4 is 27.1 Å². The Labute approximate surface area is 123 Å².